The maximum absolute atomic E-state index is 13.3. The van der Waals surface area contributed by atoms with Crippen LogP contribution in [0.1, 0.15) is 5.56 Å². The van der Waals surface area contributed by atoms with Crippen molar-refractivity contribution in [1.82, 2.24) is 19.1 Å². The summed E-state index contributed by atoms with van der Waals surface area (Å²) in [5.41, 5.74) is 0.452. The van der Waals surface area contributed by atoms with Gasteiger partial charge < -0.3 is 14.9 Å². The predicted molar refractivity (Wildman–Crippen MR) is 106 cm³/mol. The molecular weight excluding hydrogens is 379 g/mol. The molecule has 1 saturated heterocycles. The lowest BCUT2D eigenvalue weighted by atomic mass is 10.2. The quantitative estimate of drug-likeness (QED) is 0.472. The Balaban J connectivity index is 1.79. The van der Waals surface area contributed by atoms with Crippen LogP contribution in [0.25, 0.3) is 11.2 Å². The number of imidazole rings is 1. The van der Waals surface area contributed by atoms with Gasteiger partial charge in [0.1, 0.15) is 12.4 Å². The molecular formula is C19H24FN6O3+. The number of H-pyrrole nitrogens is 1. The van der Waals surface area contributed by atoms with Crippen molar-refractivity contribution < 1.29 is 14.4 Å². The highest BCUT2D eigenvalue weighted by Gasteiger charge is 2.26. The van der Waals surface area contributed by atoms with Crippen molar-refractivity contribution in [3.63, 3.8) is 0 Å². The Bertz CT molecular complexity index is 1130. The molecule has 0 bridgehead atoms. The summed E-state index contributed by atoms with van der Waals surface area (Å²) in [5.74, 6) is 0.284. The second kappa shape index (κ2) is 7.80. The van der Waals surface area contributed by atoms with E-state index >= 15 is 0 Å². The van der Waals surface area contributed by atoms with Crippen molar-refractivity contribution in [2.24, 2.45) is 7.05 Å². The fraction of sp³-hybridized carbons (Fsp3) is 0.421. The van der Waals surface area contributed by atoms with E-state index in [1.807, 2.05) is 0 Å². The average molecular weight is 403 g/mol. The Morgan fingerprint density at radius 1 is 1.21 bits per heavy atom. The normalized spacial score (nSPS) is 15.3. The van der Waals surface area contributed by atoms with Gasteiger partial charge in [0.25, 0.3) is 5.56 Å². The van der Waals surface area contributed by atoms with Crippen LogP contribution in [-0.4, -0.2) is 63.5 Å². The molecule has 0 radical (unpaired) electrons. The minimum Gasteiger partial charge on any atom is -0.391 e. The van der Waals surface area contributed by atoms with E-state index in [-0.39, 0.29) is 12.4 Å². The lowest BCUT2D eigenvalue weighted by molar-refractivity contribution is -0.900. The standard InChI is InChI=1S/C19H23FN6O3/c1-23-16-15(17(28)22-19(23)29)26(12-13-2-4-14(20)5-3-13)18(21-16)25-8-6-24(7-9-25)10-11-27/h2-5,27H,6-12H2,1H3,(H,22,28,29)/p+1. The molecule has 154 valence electrons. The summed E-state index contributed by atoms with van der Waals surface area (Å²) in [6.07, 6.45) is 0. The van der Waals surface area contributed by atoms with Gasteiger partial charge in [0.05, 0.1) is 39.3 Å². The van der Waals surface area contributed by atoms with Crippen LogP contribution in [0.3, 0.4) is 0 Å². The van der Waals surface area contributed by atoms with Crippen molar-refractivity contribution in [1.29, 1.82) is 0 Å². The largest absolute Gasteiger partial charge is 0.391 e. The molecule has 0 atom stereocenters. The molecule has 1 aliphatic rings. The van der Waals surface area contributed by atoms with Crippen LogP contribution in [0.4, 0.5) is 10.3 Å². The summed E-state index contributed by atoms with van der Waals surface area (Å²) >= 11 is 0. The van der Waals surface area contributed by atoms with Crippen LogP contribution >= 0.6 is 0 Å². The topological polar surface area (TPSA) is 101 Å². The van der Waals surface area contributed by atoms with Gasteiger partial charge in [0.15, 0.2) is 11.2 Å². The van der Waals surface area contributed by atoms with E-state index in [1.165, 1.54) is 21.6 Å². The number of nitrogens with one attached hydrogen (secondary N) is 2. The summed E-state index contributed by atoms with van der Waals surface area (Å²) in [6, 6.07) is 6.10. The fourth-order valence-corrected chi connectivity index (χ4v) is 3.82. The van der Waals surface area contributed by atoms with Crippen molar-refractivity contribution in [2.45, 2.75) is 6.54 Å². The molecule has 3 aromatic rings. The number of nitrogens with zero attached hydrogens (tertiary/aromatic N) is 4. The monoisotopic (exact) mass is 403 g/mol. The highest BCUT2D eigenvalue weighted by Crippen LogP contribution is 2.21. The number of rotatable bonds is 5. The van der Waals surface area contributed by atoms with Crippen molar-refractivity contribution in [3.8, 4) is 0 Å². The number of piperazine rings is 1. The first-order valence-electron chi connectivity index (χ1n) is 9.61. The molecule has 1 fully saturated rings. The number of aryl methyl sites for hydroxylation is 1. The third-order valence-corrected chi connectivity index (χ3v) is 5.46. The lowest BCUT2D eigenvalue weighted by Gasteiger charge is -2.32. The van der Waals surface area contributed by atoms with Gasteiger partial charge in [-0.15, -0.1) is 0 Å². The van der Waals surface area contributed by atoms with E-state index in [0.29, 0.717) is 43.3 Å². The maximum atomic E-state index is 13.3. The van der Waals surface area contributed by atoms with E-state index in [0.717, 1.165) is 18.7 Å². The number of aliphatic hydroxyl groups is 1. The molecule has 9 nitrogen and oxygen atoms in total. The van der Waals surface area contributed by atoms with E-state index in [2.05, 4.69) is 14.9 Å². The van der Waals surface area contributed by atoms with Gasteiger partial charge in [-0.25, -0.2) is 9.18 Å². The third-order valence-electron chi connectivity index (χ3n) is 5.46. The summed E-state index contributed by atoms with van der Waals surface area (Å²) in [5, 5.41) is 9.16. The second-order valence-corrected chi connectivity index (χ2v) is 7.33. The number of anilines is 1. The average Bonchev–Trinajstić information content (AvgIpc) is 3.09. The molecule has 0 unspecified atom stereocenters. The summed E-state index contributed by atoms with van der Waals surface area (Å²) in [7, 11) is 1.57. The molecule has 0 aliphatic carbocycles. The molecule has 3 N–H and O–H groups in total. The van der Waals surface area contributed by atoms with Gasteiger partial charge in [0.2, 0.25) is 5.95 Å². The summed E-state index contributed by atoms with van der Waals surface area (Å²) in [4.78, 5) is 35.0. The maximum Gasteiger partial charge on any atom is 0.329 e. The SMILES string of the molecule is Cn1c(=O)[nH]c(=O)c2c1nc(N1CC[NH+](CCO)CC1)n2Cc1ccc(F)cc1. The van der Waals surface area contributed by atoms with Crippen molar-refractivity contribution in [2.75, 3.05) is 44.2 Å². The molecule has 1 aromatic carbocycles. The molecule has 0 amide bonds. The number of fused-ring (bicyclic) bond motifs is 1. The Kier molecular flexibility index (Phi) is 5.20. The predicted octanol–water partition coefficient (Wildman–Crippen LogP) is -1.69. The Morgan fingerprint density at radius 3 is 2.55 bits per heavy atom. The highest BCUT2D eigenvalue weighted by molar-refractivity contribution is 5.74. The molecule has 2 aromatic heterocycles. The molecule has 3 heterocycles. The minimum atomic E-state index is -0.516. The first-order valence-corrected chi connectivity index (χ1v) is 9.61. The number of hydrogen-bond acceptors (Lipinski definition) is 5. The third kappa shape index (κ3) is 3.68. The van der Waals surface area contributed by atoms with Crippen molar-refractivity contribution in [3.05, 3.63) is 56.5 Å². The van der Waals surface area contributed by atoms with E-state index in [1.54, 1.807) is 23.7 Å². The van der Waals surface area contributed by atoms with E-state index < -0.39 is 11.2 Å². The summed E-state index contributed by atoms with van der Waals surface area (Å²) in [6.45, 7) is 4.30. The van der Waals surface area contributed by atoms with Gasteiger partial charge in [-0.05, 0) is 17.7 Å². The first kappa shape index (κ1) is 19.3. The number of hydrogen-bond donors (Lipinski definition) is 3. The molecule has 10 heteroatoms. The Hall–Kier alpha value is -2.98. The Labute approximate surface area is 165 Å². The van der Waals surface area contributed by atoms with Gasteiger partial charge in [-0.1, -0.05) is 12.1 Å². The molecule has 4 rings (SSSR count). The Morgan fingerprint density at radius 2 is 1.90 bits per heavy atom. The van der Waals surface area contributed by atoms with E-state index in [9.17, 15) is 14.0 Å². The number of halogens is 1. The van der Waals surface area contributed by atoms with Crippen LogP contribution in [0.5, 0.6) is 0 Å². The molecule has 29 heavy (non-hydrogen) atoms. The zero-order valence-electron chi connectivity index (χ0n) is 16.2. The van der Waals surface area contributed by atoms with Crippen LogP contribution in [0.2, 0.25) is 0 Å². The van der Waals surface area contributed by atoms with Gasteiger partial charge in [0, 0.05) is 7.05 Å². The number of benzene rings is 1. The summed E-state index contributed by atoms with van der Waals surface area (Å²) < 4.78 is 16.4. The van der Waals surface area contributed by atoms with E-state index in [4.69, 9.17) is 5.11 Å². The zero-order chi connectivity index (χ0) is 20.5. The fourth-order valence-electron chi connectivity index (χ4n) is 3.82. The second-order valence-electron chi connectivity index (χ2n) is 7.33. The molecule has 0 spiro atoms. The lowest BCUT2D eigenvalue weighted by Crippen LogP contribution is -3.15. The van der Waals surface area contributed by atoms with Crippen LogP contribution in [0.15, 0.2) is 33.9 Å². The van der Waals surface area contributed by atoms with Gasteiger partial charge in [-0.2, -0.15) is 4.98 Å². The number of aliphatic hydroxyl groups excluding tert-OH is 1. The van der Waals surface area contributed by atoms with Gasteiger partial charge in [-0.3, -0.25) is 18.9 Å². The van der Waals surface area contributed by atoms with Crippen LogP contribution < -0.4 is 21.0 Å². The minimum absolute atomic E-state index is 0.149. The number of aromatic amines is 1. The zero-order valence-corrected chi connectivity index (χ0v) is 16.2. The van der Waals surface area contributed by atoms with Gasteiger partial charge >= 0.3 is 5.69 Å². The van der Waals surface area contributed by atoms with Crippen LogP contribution in [0, 0.1) is 5.82 Å². The first-order chi connectivity index (χ1) is 14.0. The smallest absolute Gasteiger partial charge is 0.329 e. The number of aromatic nitrogens is 4. The molecule has 1 aliphatic heterocycles. The van der Waals surface area contributed by atoms with Crippen LogP contribution in [-0.2, 0) is 13.6 Å². The highest BCUT2D eigenvalue weighted by atomic mass is 19.1. The van der Waals surface area contributed by atoms with Crippen molar-refractivity contribution >= 4 is 17.1 Å². The molecule has 0 saturated carbocycles. The number of quaternary nitrogens is 1.